The van der Waals surface area contributed by atoms with Crippen LogP contribution in [0.15, 0.2) is 79.2 Å². The Kier molecular flexibility index (Phi) is 8.91. The quantitative estimate of drug-likeness (QED) is 0.110. The molecule has 1 amide bonds. The van der Waals surface area contributed by atoms with Crippen LogP contribution in [0.2, 0.25) is 0 Å². The van der Waals surface area contributed by atoms with Crippen molar-refractivity contribution in [3.05, 3.63) is 95.3 Å². The van der Waals surface area contributed by atoms with Crippen LogP contribution in [-0.2, 0) is 4.79 Å². The summed E-state index contributed by atoms with van der Waals surface area (Å²) in [4.78, 5) is 34.5. The molecule has 0 spiro atoms. The lowest BCUT2D eigenvalue weighted by atomic mass is 10.2. The number of carbonyl (C=O) groups is 2. The SMILES string of the molecule is O=C(COc1c(Br)cc(Br)cc1Br)N/N=C/c1cccc(OC(=O)c2ccc([N+](=O)[O-])cc2)c1. The van der Waals surface area contributed by atoms with Crippen LogP contribution in [0.25, 0.3) is 0 Å². The van der Waals surface area contributed by atoms with Gasteiger partial charge in [0.05, 0.1) is 25.6 Å². The number of nitro benzene ring substituents is 1. The van der Waals surface area contributed by atoms with Gasteiger partial charge < -0.3 is 9.47 Å². The smallest absolute Gasteiger partial charge is 0.343 e. The van der Waals surface area contributed by atoms with Crippen molar-refractivity contribution >= 4 is 71.6 Å². The molecule has 9 nitrogen and oxygen atoms in total. The maximum Gasteiger partial charge on any atom is 0.343 e. The number of halogens is 3. The monoisotopic (exact) mass is 653 g/mol. The van der Waals surface area contributed by atoms with Gasteiger partial charge in [-0.25, -0.2) is 10.2 Å². The van der Waals surface area contributed by atoms with Crippen molar-refractivity contribution in [3.63, 3.8) is 0 Å². The molecule has 3 rings (SSSR count). The van der Waals surface area contributed by atoms with Gasteiger partial charge in [-0.05, 0) is 73.8 Å². The predicted molar refractivity (Wildman–Crippen MR) is 135 cm³/mol. The second-order valence-corrected chi connectivity index (χ2v) is 9.17. The molecule has 174 valence electrons. The van der Waals surface area contributed by atoms with E-state index in [1.165, 1.54) is 30.5 Å². The van der Waals surface area contributed by atoms with Crippen molar-refractivity contribution in [1.29, 1.82) is 0 Å². The Hall–Kier alpha value is -3.09. The van der Waals surface area contributed by atoms with E-state index in [0.717, 1.165) is 4.47 Å². The fraction of sp³-hybridized carbons (Fsp3) is 0.0455. The molecule has 0 radical (unpaired) electrons. The van der Waals surface area contributed by atoms with Crippen molar-refractivity contribution < 1.29 is 24.0 Å². The van der Waals surface area contributed by atoms with E-state index in [2.05, 4.69) is 58.3 Å². The Bertz CT molecular complexity index is 1240. The maximum atomic E-state index is 12.3. The van der Waals surface area contributed by atoms with Gasteiger partial charge in [-0.2, -0.15) is 5.10 Å². The number of hydrazone groups is 1. The first-order valence-corrected chi connectivity index (χ1v) is 11.8. The fourth-order valence-electron chi connectivity index (χ4n) is 2.56. The molecule has 0 atom stereocenters. The molecule has 0 aliphatic heterocycles. The average Bonchev–Trinajstić information content (AvgIpc) is 2.78. The topological polar surface area (TPSA) is 120 Å². The van der Waals surface area contributed by atoms with Gasteiger partial charge in [0.1, 0.15) is 11.5 Å². The van der Waals surface area contributed by atoms with E-state index in [4.69, 9.17) is 9.47 Å². The minimum Gasteiger partial charge on any atom is -0.481 e. The molecule has 12 heteroatoms. The third-order valence-electron chi connectivity index (χ3n) is 4.10. The number of nitrogens with one attached hydrogen (secondary N) is 1. The van der Waals surface area contributed by atoms with Crippen LogP contribution >= 0.6 is 47.8 Å². The van der Waals surface area contributed by atoms with Crippen LogP contribution in [0.1, 0.15) is 15.9 Å². The van der Waals surface area contributed by atoms with Crippen LogP contribution in [0, 0.1) is 10.1 Å². The molecule has 0 heterocycles. The van der Waals surface area contributed by atoms with Crippen molar-refractivity contribution in [1.82, 2.24) is 5.43 Å². The summed E-state index contributed by atoms with van der Waals surface area (Å²) in [7, 11) is 0. The Morgan fingerprint density at radius 2 is 1.71 bits per heavy atom. The lowest BCUT2D eigenvalue weighted by Gasteiger charge is -2.10. The molecule has 3 aromatic carbocycles. The molecule has 0 fully saturated rings. The van der Waals surface area contributed by atoms with Gasteiger partial charge in [0, 0.05) is 16.6 Å². The molecule has 0 saturated carbocycles. The van der Waals surface area contributed by atoms with Gasteiger partial charge in [0.25, 0.3) is 11.6 Å². The number of rotatable bonds is 8. The normalized spacial score (nSPS) is 10.7. The number of hydrogen-bond donors (Lipinski definition) is 1. The van der Waals surface area contributed by atoms with Crippen molar-refractivity contribution in [2.45, 2.75) is 0 Å². The molecular formula is C22H14Br3N3O6. The Morgan fingerprint density at radius 1 is 1.03 bits per heavy atom. The van der Waals surface area contributed by atoms with Crippen LogP contribution in [0.3, 0.4) is 0 Å². The summed E-state index contributed by atoms with van der Waals surface area (Å²) in [6.45, 7) is -0.261. The summed E-state index contributed by atoms with van der Waals surface area (Å²) in [5.74, 6) is -0.421. The summed E-state index contributed by atoms with van der Waals surface area (Å²) >= 11 is 10.1. The number of hydrogen-bond acceptors (Lipinski definition) is 7. The molecule has 1 N–H and O–H groups in total. The second-order valence-electron chi connectivity index (χ2n) is 6.55. The number of benzene rings is 3. The van der Waals surface area contributed by atoms with Crippen LogP contribution in [-0.4, -0.2) is 29.6 Å². The van der Waals surface area contributed by atoms with Gasteiger partial charge in [0.2, 0.25) is 0 Å². The number of non-ortho nitro benzene ring substituents is 1. The zero-order valence-corrected chi connectivity index (χ0v) is 21.8. The molecule has 0 aliphatic carbocycles. The molecule has 0 saturated heterocycles. The van der Waals surface area contributed by atoms with Gasteiger partial charge >= 0.3 is 5.97 Å². The highest BCUT2D eigenvalue weighted by molar-refractivity contribution is 9.11. The van der Waals surface area contributed by atoms with Crippen LogP contribution in [0.4, 0.5) is 5.69 Å². The number of ether oxygens (including phenoxy) is 2. The van der Waals surface area contributed by atoms with Gasteiger partial charge in [-0.15, -0.1) is 0 Å². The summed E-state index contributed by atoms with van der Waals surface area (Å²) in [5, 5.41) is 14.6. The van der Waals surface area contributed by atoms with Crippen molar-refractivity contribution in [3.8, 4) is 11.5 Å². The van der Waals surface area contributed by atoms with E-state index < -0.39 is 16.8 Å². The third-order valence-corrected chi connectivity index (χ3v) is 5.73. The van der Waals surface area contributed by atoms with E-state index in [0.29, 0.717) is 20.3 Å². The first kappa shape index (κ1) is 25.5. The van der Waals surface area contributed by atoms with Crippen molar-refractivity contribution in [2.75, 3.05) is 6.61 Å². The maximum absolute atomic E-state index is 12.3. The van der Waals surface area contributed by atoms with E-state index >= 15 is 0 Å². The number of nitrogens with zero attached hydrogens (tertiary/aromatic N) is 2. The molecule has 3 aromatic rings. The lowest BCUT2D eigenvalue weighted by Crippen LogP contribution is -2.24. The fourth-order valence-corrected chi connectivity index (χ4v) is 5.05. The zero-order chi connectivity index (χ0) is 24.7. The highest BCUT2D eigenvalue weighted by Crippen LogP contribution is 2.36. The Balaban J connectivity index is 1.54. The lowest BCUT2D eigenvalue weighted by molar-refractivity contribution is -0.384. The average molecular weight is 656 g/mol. The Morgan fingerprint density at radius 3 is 2.35 bits per heavy atom. The molecule has 0 aromatic heterocycles. The minimum atomic E-state index is -0.667. The highest BCUT2D eigenvalue weighted by Gasteiger charge is 2.12. The molecule has 34 heavy (non-hydrogen) atoms. The number of esters is 1. The summed E-state index contributed by atoms with van der Waals surface area (Å²) in [6.07, 6.45) is 1.38. The summed E-state index contributed by atoms with van der Waals surface area (Å²) in [5.41, 5.74) is 2.96. The van der Waals surface area contributed by atoms with E-state index in [-0.39, 0.29) is 23.6 Å². The summed E-state index contributed by atoms with van der Waals surface area (Å²) in [6, 6.07) is 15.1. The molecule has 0 aliphatic rings. The largest absolute Gasteiger partial charge is 0.481 e. The molecular weight excluding hydrogens is 642 g/mol. The summed E-state index contributed by atoms with van der Waals surface area (Å²) < 4.78 is 13.0. The number of amides is 1. The molecule has 0 bridgehead atoms. The minimum absolute atomic E-state index is 0.126. The van der Waals surface area contributed by atoms with Gasteiger partial charge in [-0.3, -0.25) is 14.9 Å². The predicted octanol–water partition coefficient (Wildman–Crippen LogP) is 5.63. The van der Waals surface area contributed by atoms with Gasteiger partial charge in [-0.1, -0.05) is 28.1 Å². The zero-order valence-electron chi connectivity index (χ0n) is 17.0. The van der Waals surface area contributed by atoms with Crippen molar-refractivity contribution in [2.24, 2.45) is 5.10 Å². The second kappa shape index (κ2) is 11.9. The van der Waals surface area contributed by atoms with Gasteiger partial charge in [0.15, 0.2) is 6.61 Å². The highest BCUT2D eigenvalue weighted by atomic mass is 79.9. The van der Waals surface area contributed by atoms with E-state index in [1.54, 1.807) is 36.4 Å². The first-order valence-electron chi connectivity index (χ1n) is 9.39. The van der Waals surface area contributed by atoms with Crippen LogP contribution < -0.4 is 14.9 Å². The van der Waals surface area contributed by atoms with Crippen LogP contribution in [0.5, 0.6) is 11.5 Å². The molecule has 0 unspecified atom stereocenters. The first-order chi connectivity index (χ1) is 16.2. The number of nitro groups is 1. The third kappa shape index (κ3) is 7.20. The Labute approximate surface area is 218 Å². The number of carbonyl (C=O) groups excluding carboxylic acids is 2. The van der Waals surface area contributed by atoms with E-state index in [1.807, 2.05) is 0 Å². The van der Waals surface area contributed by atoms with E-state index in [9.17, 15) is 19.7 Å². The standard InChI is InChI=1S/C22H14Br3N3O6/c23-15-9-18(24)21(19(25)10-15)33-12-20(29)27-26-11-13-2-1-3-17(8-13)34-22(30)14-4-6-16(7-5-14)28(31)32/h1-11H,12H2,(H,27,29)/b26-11+.